The van der Waals surface area contributed by atoms with Gasteiger partial charge in [0.1, 0.15) is 6.61 Å². The lowest BCUT2D eigenvalue weighted by Crippen LogP contribution is -2.35. The number of alkyl halides is 3. The lowest BCUT2D eigenvalue weighted by atomic mass is 10.1. The molecular formula is C10H7ClF3NO5. The Balaban J connectivity index is 3.00. The topological polar surface area (TPSA) is 89.7 Å². The lowest BCUT2D eigenvalue weighted by Gasteiger charge is -2.17. The van der Waals surface area contributed by atoms with Gasteiger partial charge in [0.15, 0.2) is 5.92 Å². The van der Waals surface area contributed by atoms with E-state index in [2.05, 4.69) is 4.74 Å². The van der Waals surface area contributed by atoms with Gasteiger partial charge in [-0.3, -0.25) is 14.9 Å². The molecule has 1 aromatic carbocycles. The van der Waals surface area contributed by atoms with Crippen molar-refractivity contribution in [1.29, 1.82) is 0 Å². The van der Waals surface area contributed by atoms with E-state index in [-0.39, 0.29) is 5.02 Å². The third-order valence-electron chi connectivity index (χ3n) is 2.23. The molecule has 0 aliphatic carbocycles. The number of rotatable bonds is 5. The van der Waals surface area contributed by atoms with Crippen LogP contribution in [0.15, 0.2) is 18.2 Å². The number of carboxylic acids is 1. The molecule has 0 saturated heterocycles. The molecule has 0 amide bonds. The predicted molar refractivity (Wildman–Crippen MR) is 60.8 cm³/mol. The van der Waals surface area contributed by atoms with Crippen molar-refractivity contribution in [1.82, 2.24) is 0 Å². The maximum atomic E-state index is 12.4. The van der Waals surface area contributed by atoms with E-state index in [1.807, 2.05) is 0 Å². The molecule has 0 aliphatic rings. The number of nitro benzene ring substituents is 1. The number of halogens is 4. The number of hydrogen-bond acceptors (Lipinski definition) is 4. The molecule has 1 rings (SSSR count). The summed E-state index contributed by atoms with van der Waals surface area (Å²) in [5.41, 5.74) is -0.649. The van der Waals surface area contributed by atoms with Gasteiger partial charge in [-0.1, -0.05) is 17.7 Å². The van der Waals surface area contributed by atoms with Crippen molar-refractivity contribution in [2.45, 2.75) is 6.18 Å². The number of hydrogen-bond donors (Lipinski definition) is 1. The van der Waals surface area contributed by atoms with Crippen LogP contribution in [0.1, 0.15) is 0 Å². The molecule has 0 saturated carbocycles. The zero-order chi connectivity index (χ0) is 15.5. The SMILES string of the molecule is O=C(O)C(COc1c(Cl)cccc1[N+](=O)[O-])C(F)(F)F. The van der Waals surface area contributed by atoms with Gasteiger partial charge in [0, 0.05) is 6.07 Å². The van der Waals surface area contributed by atoms with Crippen LogP contribution < -0.4 is 4.74 Å². The first-order valence-electron chi connectivity index (χ1n) is 4.99. The summed E-state index contributed by atoms with van der Waals surface area (Å²) in [6.07, 6.45) is -5.04. The molecule has 110 valence electrons. The second kappa shape index (κ2) is 5.95. The molecule has 20 heavy (non-hydrogen) atoms. The number of nitro groups is 1. The fourth-order valence-electron chi connectivity index (χ4n) is 1.26. The maximum absolute atomic E-state index is 12.4. The molecule has 1 N–H and O–H groups in total. The summed E-state index contributed by atoms with van der Waals surface area (Å²) in [4.78, 5) is 20.3. The summed E-state index contributed by atoms with van der Waals surface area (Å²) in [6.45, 7) is -1.32. The van der Waals surface area contributed by atoms with Crippen LogP contribution in [-0.2, 0) is 4.79 Å². The Morgan fingerprint density at radius 2 is 2.10 bits per heavy atom. The Bertz CT molecular complexity index is 534. The zero-order valence-corrected chi connectivity index (χ0v) is 10.3. The first kappa shape index (κ1) is 16.0. The maximum Gasteiger partial charge on any atom is 0.405 e. The Morgan fingerprint density at radius 1 is 1.50 bits per heavy atom. The van der Waals surface area contributed by atoms with Crippen molar-refractivity contribution in [3.05, 3.63) is 33.3 Å². The summed E-state index contributed by atoms with van der Waals surface area (Å²) >= 11 is 5.59. The molecule has 6 nitrogen and oxygen atoms in total. The molecule has 0 fully saturated rings. The number of aliphatic carboxylic acids is 1. The summed E-state index contributed by atoms with van der Waals surface area (Å²) in [5.74, 6) is -5.56. The number of carboxylic acid groups (broad SMARTS) is 1. The minimum Gasteiger partial charge on any atom is -0.484 e. The average molecular weight is 314 g/mol. The molecule has 0 heterocycles. The van der Waals surface area contributed by atoms with Gasteiger partial charge in [-0.2, -0.15) is 13.2 Å². The molecule has 0 radical (unpaired) electrons. The average Bonchev–Trinajstić information content (AvgIpc) is 2.28. The van der Waals surface area contributed by atoms with Gasteiger partial charge in [0.2, 0.25) is 5.75 Å². The normalized spacial score (nSPS) is 12.8. The third kappa shape index (κ3) is 3.73. The second-order valence-electron chi connectivity index (χ2n) is 3.59. The van der Waals surface area contributed by atoms with Crippen LogP contribution in [-0.4, -0.2) is 28.8 Å². The highest BCUT2D eigenvalue weighted by molar-refractivity contribution is 6.32. The number of nitrogens with zero attached hydrogens (tertiary/aromatic N) is 1. The Kier molecular flexibility index (Phi) is 4.77. The van der Waals surface area contributed by atoms with Crippen LogP contribution in [0.4, 0.5) is 18.9 Å². The number of benzene rings is 1. The van der Waals surface area contributed by atoms with Crippen molar-refractivity contribution in [3.63, 3.8) is 0 Å². The van der Waals surface area contributed by atoms with Crippen molar-refractivity contribution < 1.29 is 32.7 Å². The van der Waals surface area contributed by atoms with Crippen molar-refractivity contribution in [2.75, 3.05) is 6.61 Å². The van der Waals surface area contributed by atoms with Gasteiger partial charge in [0.25, 0.3) is 0 Å². The summed E-state index contributed by atoms with van der Waals surface area (Å²) in [5, 5.41) is 18.9. The van der Waals surface area contributed by atoms with Crippen LogP contribution in [0.5, 0.6) is 5.75 Å². The van der Waals surface area contributed by atoms with Crippen molar-refractivity contribution >= 4 is 23.3 Å². The summed E-state index contributed by atoms with van der Waals surface area (Å²) < 4.78 is 41.8. The highest BCUT2D eigenvalue weighted by Gasteiger charge is 2.46. The van der Waals surface area contributed by atoms with Gasteiger partial charge in [-0.05, 0) is 6.07 Å². The molecule has 1 aromatic rings. The van der Waals surface area contributed by atoms with Crippen LogP contribution in [0.2, 0.25) is 5.02 Å². The van der Waals surface area contributed by atoms with E-state index in [0.717, 1.165) is 6.07 Å². The van der Waals surface area contributed by atoms with E-state index in [0.29, 0.717) is 0 Å². The van der Waals surface area contributed by atoms with E-state index in [4.69, 9.17) is 16.7 Å². The van der Waals surface area contributed by atoms with Gasteiger partial charge >= 0.3 is 17.8 Å². The summed E-state index contributed by atoms with van der Waals surface area (Å²) in [7, 11) is 0. The molecule has 0 aromatic heterocycles. The van der Waals surface area contributed by atoms with Crippen LogP contribution in [0.25, 0.3) is 0 Å². The second-order valence-corrected chi connectivity index (χ2v) is 4.00. The van der Waals surface area contributed by atoms with Gasteiger partial charge in [0.05, 0.1) is 9.95 Å². The standard InChI is InChI=1S/C10H7ClF3NO5/c11-6-2-1-3-7(15(18)19)8(6)20-4-5(9(16)17)10(12,13)14/h1-3,5H,4H2,(H,16,17). The minimum atomic E-state index is -5.04. The van der Waals surface area contributed by atoms with Crippen molar-refractivity contribution in [3.8, 4) is 5.75 Å². The molecule has 1 atom stereocenters. The Morgan fingerprint density at radius 3 is 2.55 bits per heavy atom. The number of para-hydroxylation sites is 1. The van der Waals surface area contributed by atoms with E-state index in [1.165, 1.54) is 12.1 Å². The first-order chi connectivity index (χ1) is 9.14. The first-order valence-corrected chi connectivity index (χ1v) is 5.37. The smallest absolute Gasteiger partial charge is 0.405 e. The minimum absolute atomic E-state index is 0.287. The molecule has 0 spiro atoms. The van der Waals surface area contributed by atoms with E-state index < -0.39 is 41.0 Å². The van der Waals surface area contributed by atoms with Crippen molar-refractivity contribution in [2.24, 2.45) is 5.92 Å². The van der Waals surface area contributed by atoms with Crippen LogP contribution in [0.3, 0.4) is 0 Å². The summed E-state index contributed by atoms with van der Waals surface area (Å²) in [6, 6.07) is 3.36. The molecule has 10 heteroatoms. The van der Waals surface area contributed by atoms with E-state index >= 15 is 0 Å². The molecule has 0 bridgehead atoms. The zero-order valence-electron chi connectivity index (χ0n) is 9.56. The fourth-order valence-corrected chi connectivity index (χ4v) is 1.48. The van der Waals surface area contributed by atoms with E-state index in [9.17, 15) is 28.1 Å². The molecule has 0 aliphatic heterocycles. The van der Waals surface area contributed by atoms with Gasteiger partial charge in [-0.25, -0.2) is 0 Å². The Labute approximate surface area is 114 Å². The van der Waals surface area contributed by atoms with Gasteiger partial charge < -0.3 is 9.84 Å². The molecular weight excluding hydrogens is 307 g/mol. The quantitative estimate of drug-likeness (QED) is 0.667. The monoisotopic (exact) mass is 313 g/mol. The largest absolute Gasteiger partial charge is 0.484 e. The Hall–Kier alpha value is -2.03. The lowest BCUT2D eigenvalue weighted by molar-refractivity contribution is -0.386. The predicted octanol–water partition coefficient (Wildman–Crippen LogP) is 2.89. The van der Waals surface area contributed by atoms with Crippen LogP contribution >= 0.6 is 11.6 Å². The van der Waals surface area contributed by atoms with Gasteiger partial charge in [-0.15, -0.1) is 0 Å². The molecule has 1 unspecified atom stereocenters. The fraction of sp³-hybridized carbons (Fsp3) is 0.300. The van der Waals surface area contributed by atoms with Crippen LogP contribution in [0, 0.1) is 16.0 Å². The number of carbonyl (C=O) groups is 1. The highest BCUT2D eigenvalue weighted by atomic mass is 35.5. The van der Waals surface area contributed by atoms with E-state index in [1.54, 1.807) is 0 Å². The third-order valence-corrected chi connectivity index (χ3v) is 2.53. The highest BCUT2D eigenvalue weighted by Crippen LogP contribution is 2.36. The number of ether oxygens (including phenoxy) is 1.